The number of imidazole rings is 1. The minimum absolute atomic E-state index is 0.0352. The quantitative estimate of drug-likeness (QED) is 0.278. The van der Waals surface area contributed by atoms with Crippen molar-refractivity contribution in [2.75, 3.05) is 30.4 Å². The molecule has 1 saturated heterocycles. The molecule has 3 N–H and O–H groups in total. The van der Waals surface area contributed by atoms with Crippen LogP contribution in [0.4, 0.5) is 24.8 Å². The van der Waals surface area contributed by atoms with Crippen LogP contribution in [0.1, 0.15) is 40.3 Å². The highest BCUT2D eigenvalue weighted by Crippen LogP contribution is 2.35. The van der Waals surface area contributed by atoms with E-state index < -0.39 is 23.9 Å². The number of ether oxygens (including phenoxy) is 1. The van der Waals surface area contributed by atoms with Crippen LogP contribution in [0.25, 0.3) is 16.6 Å². The predicted octanol–water partition coefficient (Wildman–Crippen LogP) is 5.19. The van der Waals surface area contributed by atoms with Crippen molar-refractivity contribution in [2.24, 2.45) is 5.92 Å². The number of carbonyl (C=O) groups is 1. The smallest absolute Gasteiger partial charge is 0.434 e. The van der Waals surface area contributed by atoms with E-state index in [1.807, 2.05) is 13.0 Å². The van der Waals surface area contributed by atoms with Crippen molar-refractivity contribution in [3.8, 4) is 0 Å². The number of benzene rings is 1. The van der Waals surface area contributed by atoms with Gasteiger partial charge in [0.1, 0.15) is 10.8 Å². The monoisotopic (exact) mass is 534 g/mol. The van der Waals surface area contributed by atoms with Crippen molar-refractivity contribution in [1.29, 1.82) is 0 Å². The maximum atomic E-state index is 13.6. The van der Waals surface area contributed by atoms with Gasteiger partial charge in [-0.2, -0.15) is 13.2 Å². The Bertz CT molecular complexity index is 1520. The summed E-state index contributed by atoms with van der Waals surface area (Å²) in [5.74, 6) is -0.813. The minimum atomic E-state index is -4.63. The van der Waals surface area contributed by atoms with Gasteiger partial charge in [0.2, 0.25) is 5.95 Å². The summed E-state index contributed by atoms with van der Waals surface area (Å²) >= 11 is 5.87. The fourth-order valence-electron chi connectivity index (χ4n) is 4.25. The van der Waals surface area contributed by atoms with Gasteiger partial charge in [-0.05, 0) is 37.6 Å². The SMILES string of the molecule is Cc1cc([C@@H](C)Nc2ccc(Cl)nc2C(=O)O)c2nc(NCC3COC3)n3cc(C(F)(F)F)nc3c2c1. The van der Waals surface area contributed by atoms with Gasteiger partial charge < -0.3 is 20.5 Å². The largest absolute Gasteiger partial charge is 0.476 e. The Morgan fingerprint density at radius 3 is 2.68 bits per heavy atom. The normalized spacial score (nSPS) is 15.1. The Balaban J connectivity index is 1.65. The molecule has 3 aromatic heterocycles. The Kier molecular flexibility index (Phi) is 6.32. The second kappa shape index (κ2) is 9.34. The first-order valence-electron chi connectivity index (χ1n) is 11.4. The first-order valence-corrected chi connectivity index (χ1v) is 11.8. The lowest BCUT2D eigenvalue weighted by atomic mass is 10.0. The molecule has 4 aromatic rings. The van der Waals surface area contributed by atoms with Crippen LogP contribution in [-0.4, -0.2) is 50.2 Å². The molecule has 0 aliphatic carbocycles. The number of halogens is 4. The van der Waals surface area contributed by atoms with Crippen LogP contribution in [0.15, 0.2) is 30.5 Å². The molecule has 0 saturated carbocycles. The number of anilines is 2. The van der Waals surface area contributed by atoms with E-state index in [-0.39, 0.29) is 34.0 Å². The molecule has 37 heavy (non-hydrogen) atoms. The van der Waals surface area contributed by atoms with Crippen molar-refractivity contribution in [2.45, 2.75) is 26.1 Å². The third kappa shape index (κ3) is 4.86. The Morgan fingerprint density at radius 1 is 1.27 bits per heavy atom. The summed E-state index contributed by atoms with van der Waals surface area (Å²) < 4.78 is 47.3. The van der Waals surface area contributed by atoms with E-state index in [1.54, 1.807) is 13.0 Å². The van der Waals surface area contributed by atoms with Gasteiger partial charge in [-0.1, -0.05) is 17.7 Å². The van der Waals surface area contributed by atoms with Crippen molar-refractivity contribution < 1.29 is 27.8 Å². The number of carboxylic acids is 1. The Morgan fingerprint density at radius 2 is 2.03 bits per heavy atom. The molecule has 5 rings (SSSR count). The lowest BCUT2D eigenvalue weighted by Gasteiger charge is -2.26. The van der Waals surface area contributed by atoms with Gasteiger partial charge >= 0.3 is 12.1 Å². The maximum Gasteiger partial charge on any atom is 0.434 e. The van der Waals surface area contributed by atoms with Crippen LogP contribution in [0.3, 0.4) is 0 Å². The van der Waals surface area contributed by atoms with Gasteiger partial charge in [0.25, 0.3) is 0 Å². The summed E-state index contributed by atoms with van der Waals surface area (Å²) in [6, 6.07) is 6.07. The molecular formula is C24H22ClF3N6O3. The van der Waals surface area contributed by atoms with Gasteiger partial charge in [-0.15, -0.1) is 0 Å². The van der Waals surface area contributed by atoms with Crippen LogP contribution < -0.4 is 10.6 Å². The molecule has 0 bridgehead atoms. The van der Waals surface area contributed by atoms with Crippen molar-refractivity contribution in [3.63, 3.8) is 0 Å². The average molecular weight is 535 g/mol. The van der Waals surface area contributed by atoms with Crippen molar-refractivity contribution in [1.82, 2.24) is 19.4 Å². The van der Waals surface area contributed by atoms with Crippen molar-refractivity contribution >= 4 is 45.8 Å². The number of fused-ring (bicyclic) bond motifs is 3. The standard InChI is InChI=1S/C24H22ClF3N6O3/c1-11-5-14(12(2)30-16-3-4-18(25)32-20(16)22(35)36)19-15(6-11)21-31-17(24(26,27)28)8-34(21)23(33-19)29-7-13-9-37-10-13/h3-6,8,12-13,30H,7,9-10H2,1-2H3,(H,29,33)(H,35,36)/t12-/m1/s1. The first kappa shape index (κ1) is 25.0. The van der Waals surface area contributed by atoms with Gasteiger partial charge in [0.05, 0.1) is 30.5 Å². The molecule has 0 unspecified atom stereocenters. The number of rotatable bonds is 7. The number of aryl methyl sites for hydroxylation is 1. The number of alkyl halides is 3. The molecule has 9 nitrogen and oxygen atoms in total. The summed E-state index contributed by atoms with van der Waals surface area (Å²) in [4.78, 5) is 24.2. The zero-order chi connectivity index (χ0) is 26.5. The summed E-state index contributed by atoms with van der Waals surface area (Å²) in [6.07, 6.45) is -3.70. The number of aromatic carboxylic acids is 1. The summed E-state index contributed by atoms with van der Waals surface area (Å²) in [7, 11) is 0. The number of nitrogens with one attached hydrogen (secondary N) is 2. The predicted molar refractivity (Wildman–Crippen MR) is 131 cm³/mol. The van der Waals surface area contributed by atoms with Crippen LogP contribution in [0.5, 0.6) is 0 Å². The lowest BCUT2D eigenvalue weighted by Crippen LogP contribution is -2.34. The highest BCUT2D eigenvalue weighted by Gasteiger charge is 2.35. The first-order chi connectivity index (χ1) is 17.5. The second-order valence-electron chi connectivity index (χ2n) is 8.99. The molecule has 0 amide bonds. The molecule has 13 heteroatoms. The fraction of sp³-hybridized carbons (Fsp3) is 0.333. The number of aromatic nitrogens is 4. The highest BCUT2D eigenvalue weighted by molar-refractivity contribution is 6.29. The van der Waals surface area contributed by atoms with Crippen LogP contribution >= 0.6 is 11.6 Å². The van der Waals surface area contributed by atoms with Gasteiger partial charge in [0, 0.05) is 29.6 Å². The lowest BCUT2D eigenvalue weighted by molar-refractivity contribution is -0.140. The topological polar surface area (TPSA) is 114 Å². The summed E-state index contributed by atoms with van der Waals surface area (Å²) in [6.45, 7) is 5.21. The van der Waals surface area contributed by atoms with Crippen LogP contribution in [0.2, 0.25) is 5.15 Å². The Hall–Kier alpha value is -3.64. The Labute approximate surface area is 213 Å². The third-order valence-corrected chi connectivity index (χ3v) is 6.34. The molecule has 1 aromatic carbocycles. The number of hydrogen-bond donors (Lipinski definition) is 3. The number of nitrogens with zero attached hydrogens (tertiary/aromatic N) is 4. The van der Waals surface area contributed by atoms with Gasteiger partial charge in [-0.3, -0.25) is 4.40 Å². The molecule has 0 spiro atoms. The average Bonchev–Trinajstić information content (AvgIpc) is 3.25. The molecule has 1 aliphatic heterocycles. The molecule has 1 atom stereocenters. The molecule has 1 fully saturated rings. The van der Waals surface area contributed by atoms with Crippen LogP contribution in [-0.2, 0) is 10.9 Å². The minimum Gasteiger partial charge on any atom is -0.476 e. The molecule has 1 aliphatic rings. The van der Waals surface area contributed by atoms with E-state index in [0.29, 0.717) is 36.2 Å². The van der Waals surface area contributed by atoms with E-state index in [2.05, 4.69) is 20.6 Å². The number of pyridine rings is 1. The van der Waals surface area contributed by atoms with E-state index in [1.165, 1.54) is 16.5 Å². The summed E-state index contributed by atoms with van der Waals surface area (Å²) in [5, 5.41) is 16.3. The van der Waals surface area contributed by atoms with Crippen molar-refractivity contribution in [3.05, 3.63) is 58.1 Å². The molecule has 4 heterocycles. The zero-order valence-corrected chi connectivity index (χ0v) is 20.5. The summed E-state index contributed by atoms with van der Waals surface area (Å²) in [5.41, 5.74) is 0.935. The third-order valence-electron chi connectivity index (χ3n) is 6.13. The van der Waals surface area contributed by atoms with Gasteiger partial charge in [0.15, 0.2) is 11.4 Å². The highest BCUT2D eigenvalue weighted by atomic mass is 35.5. The molecule has 194 valence electrons. The van der Waals surface area contributed by atoms with E-state index in [9.17, 15) is 23.1 Å². The molecule has 0 radical (unpaired) electrons. The zero-order valence-electron chi connectivity index (χ0n) is 19.7. The molecular weight excluding hydrogens is 513 g/mol. The van der Waals surface area contributed by atoms with E-state index in [0.717, 1.165) is 11.8 Å². The second-order valence-corrected chi connectivity index (χ2v) is 9.38. The van der Waals surface area contributed by atoms with E-state index in [4.69, 9.17) is 21.3 Å². The maximum absolute atomic E-state index is 13.6. The number of hydrogen-bond acceptors (Lipinski definition) is 7. The van der Waals surface area contributed by atoms with E-state index >= 15 is 0 Å². The fourth-order valence-corrected chi connectivity index (χ4v) is 4.40. The number of carboxylic acid groups (broad SMARTS) is 1. The van der Waals surface area contributed by atoms with Crippen LogP contribution in [0, 0.1) is 12.8 Å². The van der Waals surface area contributed by atoms with Gasteiger partial charge in [-0.25, -0.2) is 19.7 Å².